The van der Waals surface area contributed by atoms with Crippen molar-refractivity contribution in [2.75, 3.05) is 51.5 Å². The van der Waals surface area contributed by atoms with E-state index in [4.69, 9.17) is 30.8 Å². The maximum atomic E-state index is 6.23. The molecule has 0 aliphatic carbocycles. The van der Waals surface area contributed by atoms with Crippen LogP contribution >= 0.6 is 11.6 Å². The topological polar surface area (TPSA) is 68.7 Å². The number of halogens is 1. The number of anilines is 1. The molecule has 0 atom stereocenters. The van der Waals surface area contributed by atoms with E-state index in [9.17, 15) is 0 Å². The fourth-order valence-corrected chi connectivity index (χ4v) is 3.84. The third kappa shape index (κ3) is 4.74. The highest BCUT2D eigenvalue weighted by Crippen LogP contribution is 2.33. The minimum Gasteiger partial charge on any atom is -0.454 e. The molecule has 5 rings (SSSR count). The Labute approximate surface area is 185 Å². The Morgan fingerprint density at radius 2 is 1.87 bits per heavy atom. The summed E-state index contributed by atoms with van der Waals surface area (Å²) in [6, 6.07) is 11.5. The molecule has 0 bridgehead atoms. The van der Waals surface area contributed by atoms with Gasteiger partial charge in [-0.15, -0.1) is 0 Å². The molecule has 0 spiro atoms. The monoisotopic (exact) mass is 438 g/mol. The largest absolute Gasteiger partial charge is 0.454 e. The van der Waals surface area contributed by atoms with Crippen molar-refractivity contribution in [3.8, 4) is 11.5 Å². The summed E-state index contributed by atoms with van der Waals surface area (Å²) in [6.07, 6.45) is 3.87. The molecule has 1 N–H and O–H groups in total. The average Bonchev–Trinajstić information content (AvgIpc) is 3.27. The van der Waals surface area contributed by atoms with Gasteiger partial charge in [-0.05, 0) is 42.0 Å². The predicted molar refractivity (Wildman–Crippen MR) is 122 cm³/mol. The third-order valence-electron chi connectivity index (χ3n) is 5.32. The Balaban J connectivity index is 1.37. The quantitative estimate of drug-likeness (QED) is 0.625. The molecule has 1 aromatic heterocycles. The van der Waals surface area contributed by atoms with Crippen molar-refractivity contribution >= 4 is 40.5 Å². The Morgan fingerprint density at radius 3 is 2.77 bits per heavy atom. The Bertz CT molecular complexity index is 1120. The van der Waals surface area contributed by atoms with Crippen molar-refractivity contribution in [1.82, 2.24) is 14.9 Å². The number of fused-ring (bicyclic) bond motifs is 2. The number of aromatic nitrogens is 2. The molecule has 2 aliphatic heterocycles. The normalized spacial score (nSPS) is 16.3. The van der Waals surface area contributed by atoms with Crippen LogP contribution in [0.3, 0.4) is 0 Å². The minimum atomic E-state index is 0.262. The summed E-state index contributed by atoms with van der Waals surface area (Å²) in [5, 5.41) is 5.05. The van der Waals surface area contributed by atoms with Gasteiger partial charge >= 0.3 is 0 Å². The molecule has 3 aromatic rings. The van der Waals surface area contributed by atoms with Crippen LogP contribution < -0.4 is 14.8 Å². The molecule has 1 saturated heterocycles. The molecule has 8 heteroatoms. The van der Waals surface area contributed by atoms with E-state index in [1.165, 1.54) is 0 Å². The van der Waals surface area contributed by atoms with E-state index >= 15 is 0 Å². The lowest BCUT2D eigenvalue weighted by Gasteiger charge is -2.26. The lowest BCUT2D eigenvalue weighted by Crippen LogP contribution is -2.39. The van der Waals surface area contributed by atoms with Crippen LogP contribution in [0, 0.1) is 0 Å². The molecule has 160 valence electrons. The highest BCUT2D eigenvalue weighted by Gasteiger charge is 2.13. The Hall–Kier alpha value is -2.87. The molecular formula is C23H23ClN4O3. The summed E-state index contributed by atoms with van der Waals surface area (Å²) in [5.41, 5.74) is 1.84. The van der Waals surface area contributed by atoms with Gasteiger partial charge in [-0.3, -0.25) is 4.90 Å². The van der Waals surface area contributed by atoms with Crippen LogP contribution in [0.1, 0.15) is 11.4 Å². The second-order valence-electron chi connectivity index (χ2n) is 7.42. The van der Waals surface area contributed by atoms with Crippen LogP contribution in [0.15, 0.2) is 36.4 Å². The predicted octanol–water partition coefficient (Wildman–Crippen LogP) is 3.93. The van der Waals surface area contributed by atoms with Crippen molar-refractivity contribution in [2.24, 2.45) is 0 Å². The van der Waals surface area contributed by atoms with Gasteiger partial charge < -0.3 is 19.5 Å². The van der Waals surface area contributed by atoms with Gasteiger partial charge in [-0.1, -0.05) is 23.7 Å². The number of ether oxygens (including phenoxy) is 3. The van der Waals surface area contributed by atoms with Crippen molar-refractivity contribution < 1.29 is 14.2 Å². The maximum Gasteiger partial charge on any atom is 0.231 e. The molecule has 7 nitrogen and oxygen atoms in total. The van der Waals surface area contributed by atoms with Gasteiger partial charge in [0.25, 0.3) is 0 Å². The molecule has 0 radical (unpaired) electrons. The molecule has 3 heterocycles. The van der Waals surface area contributed by atoms with Crippen molar-refractivity contribution in [1.29, 1.82) is 0 Å². The second kappa shape index (κ2) is 9.09. The first-order valence-corrected chi connectivity index (χ1v) is 10.7. The summed E-state index contributed by atoms with van der Waals surface area (Å²) in [5.74, 6) is 2.93. The number of rotatable bonds is 6. The van der Waals surface area contributed by atoms with Gasteiger partial charge in [0.15, 0.2) is 17.3 Å². The van der Waals surface area contributed by atoms with E-state index in [0.717, 1.165) is 73.2 Å². The van der Waals surface area contributed by atoms with Crippen LogP contribution in [0.2, 0.25) is 5.02 Å². The van der Waals surface area contributed by atoms with Gasteiger partial charge in [0.05, 0.1) is 18.7 Å². The van der Waals surface area contributed by atoms with E-state index in [0.29, 0.717) is 10.8 Å². The zero-order valence-corrected chi connectivity index (χ0v) is 17.8. The first-order valence-electron chi connectivity index (χ1n) is 10.3. The molecule has 0 unspecified atom stereocenters. The summed E-state index contributed by atoms with van der Waals surface area (Å²) in [4.78, 5) is 11.8. The van der Waals surface area contributed by atoms with Crippen LogP contribution in [0.5, 0.6) is 11.5 Å². The lowest BCUT2D eigenvalue weighted by atomic mass is 10.2. The zero-order chi connectivity index (χ0) is 21.0. The van der Waals surface area contributed by atoms with Crippen molar-refractivity contribution in [2.45, 2.75) is 0 Å². The standard InChI is InChI=1S/C23H23ClN4O3/c24-17-3-4-19-18(14-17)23(25-7-8-28-9-11-29-12-10-28)27-22(26-19)6-2-16-1-5-20-21(13-16)31-15-30-20/h1-6,13-14H,7-12,15H2,(H,25,26,27)/b6-2+. The minimum absolute atomic E-state index is 0.262. The molecule has 2 aliphatic rings. The lowest BCUT2D eigenvalue weighted by molar-refractivity contribution is 0.0398. The van der Waals surface area contributed by atoms with Crippen molar-refractivity contribution in [3.05, 3.63) is 52.8 Å². The number of hydrogen-bond donors (Lipinski definition) is 1. The van der Waals surface area contributed by atoms with Gasteiger partial charge in [0, 0.05) is 36.6 Å². The molecule has 0 saturated carbocycles. The summed E-state index contributed by atoms with van der Waals surface area (Å²) < 4.78 is 16.2. The first-order chi connectivity index (χ1) is 15.2. The van der Waals surface area contributed by atoms with Gasteiger partial charge in [0.2, 0.25) is 6.79 Å². The van der Waals surface area contributed by atoms with Gasteiger partial charge in [-0.25, -0.2) is 9.97 Å². The summed E-state index contributed by atoms with van der Waals surface area (Å²) in [6.45, 7) is 5.48. The number of benzene rings is 2. The summed E-state index contributed by atoms with van der Waals surface area (Å²) in [7, 11) is 0. The summed E-state index contributed by atoms with van der Waals surface area (Å²) >= 11 is 6.23. The van der Waals surface area contributed by atoms with Crippen LogP contribution in [0.4, 0.5) is 5.82 Å². The number of morpholine rings is 1. The first kappa shape index (κ1) is 20.1. The highest BCUT2D eigenvalue weighted by molar-refractivity contribution is 6.31. The SMILES string of the molecule is Clc1ccc2nc(/C=C/c3ccc4c(c3)OCO4)nc(NCCN3CCOCC3)c2c1. The highest BCUT2D eigenvalue weighted by atomic mass is 35.5. The van der Waals surface area contributed by atoms with E-state index < -0.39 is 0 Å². The van der Waals surface area contributed by atoms with Gasteiger partial charge in [-0.2, -0.15) is 0 Å². The van der Waals surface area contributed by atoms with E-state index in [-0.39, 0.29) is 6.79 Å². The maximum absolute atomic E-state index is 6.23. The molecule has 31 heavy (non-hydrogen) atoms. The average molecular weight is 439 g/mol. The molecular weight excluding hydrogens is 416 g/mol. The smallest absolute Gasteiger partial charge is 0.231 e. The van der Waals surface area contributed by atoms with Gasteiger partial charge in [0.1, 0.15) is 5.82 Å². The second-order valence-corrected chi connectivity index (χ2v) is 7.86. The Morgan fingerprint density at radius 1 is 1.00 bits per heavy atom. The van der Waals surface area contributed by atoms with E-state index in [1.807, 2.05) is 48.6 Å². The van der Waals surface area contributed by atoms with E-state index in [2.05, 4.69) is 15.2 Å². The fraction of sp³-hybridized carbons (Fsp3) is 0.304. The molecule has 2 aromatic carbocycles. The fourth-order valence-electron chi connectivity index (χ4n) is 3.67. The van der Waals surface area contributed by atoms with Crippen LogP contribution in [-0.2, 0) is 4.74 Å². The third-order valence-corrected chi connectivity index (χ3v) is 5.56. The van der Waals surface area contributed by atoms with Crippen LogP contribution in [-0.4, -0.2) is 61.1 Å². The molecule has 0 amide bonds. The Kier molecular flexibility index (Phi) is 5.88. The van der Waals surface area contributed by atoms with Crippen molar-refractivity contribution in [3.63, 3.8) is 0 Å². The molecule has 1 fully saturated rings. The number of hydrogen-bond acceptors (Lipinski definition) is 7. The van der Waals surface area contributed by atoms with Crippen LogP contribution in [0.25, 0.3) is 23.1 Å². The zero-order valence-electron chi connectivity index (χ0n) is 17.0. The number of nitrogens with zero attached hydrogens (tertiary/aromatic N) is 3. The van der Waals surface area contributed by atoms with E-state index in [1.54, 1.807) is 0 Å². The number of nitrogens with one attached hydrogen (secondary N) is 1.